The molecule has 1 N–H and O–H groups in total. The summed E-state index contributed by atoms with van der Waals surface area (Å²) in [7, 11) is -2.92. The molecule has 8 heteroatoms. The molecule has 2 aliphatic heterocycles. The fourth-order valence-electron chi connectivity index (χ4n) is 2.97. The van der Waals surface area contributed by atoms with E-state index >= 15 is 0 Å². The summed E-state index contributed by atoms with van der Waals surface area (Å²) in [5.74, 6) is 0.847. The first-order valence-corrected chi connectivity index (χ1v) is 9.64. The van der Waals surface area contributed by atoms with Crippen molar-refractivity contribution in [3.05, 3.63) is 23.9 Å². The van der Waals surface area contributed by atoms with Crippen LogP contribution in [0.3, 0.4) is 0 Å². The Labute approximate surface area is 135 Å². The molecule has 1 atom stereocenters. The van der Waals surface area contributed by atoms with Crippen molar-refractivity contribution in [1.82, 2.24) is 10.3 Å². The van der Waals surface area contributed by atoms with E-state index in [0.717, 1.165) is 0 Å². The number of nitrogens with one attached hydrogen (secondary N) is 1. The first kappa shape index (κ1) is 16.2. The Morgan fingerprint density at radius 3 is 2.87 bits per heavy atom. The van der Waals surface area contributed by atoms with Crippen molar-refractivity contribution in [2.45, 2.75) is 6.42 Å². The highest BCUT2D eigenvalue weighted by molar-refractivity contribution is 7.91. The molecule has 3 rings (SSSR count). The molecule has 2 aliphatic rings. The van der Waals surface area contributed by atoms with Crippen LogP contribution in [0.4, 0.5) is 5.82 Å². The number of carbonyl (C=O) groups is 1. The molecule has 2 saturated heterocycles. The molecule has 0 saturated carbocycles. The number of pyridine rings is 1. The third kappa shape index (κ3) is 4.00. The molecule has 3 heterocycles. The van der Waals surface area contributed by atoms with Crippen molar-refractivity contribution in [3.8, 4) is 0 Å². The van der Waals surface area contributed by atoms with Crippen molar-refractivity contribution in [2.75, 3.05) is 49.3 Å². The second kappa shape index (κ2) is 6.84. The average Bonchev–Trinajstić information content (AvgIpc) is 2.92. The van der Waals surface area contributed by atoms with Gasteiger partial charge in [-0.2, -0.15) is 0 Å². The van der Waals surface area contributed by atoms with Gasteiger partial charge in [0.2, 0.25) is 0 Å². The zero-order chi connectivity index (χ0) is 16.3. The van der Waals surface area contributed by atoms with E-state index in [1.807, 2.05) is 4.90 Å². The molecule has 23 heavy (non-hydrogen) atoms. The normalized spacial score (nSPS) is 23.7. The smallest absolute Gasteiger partial charge is 0.255 e. The number of carbonyl (C=O) groups excluding carboxylic acids is 1. The molecule has 1 aromatic rings. The lowest BCUT2D eigenvalue weighted by atomic mass is 10.1. The highest BCUT2D eigenvalue weighted by atomic mass is 32.2. The summed E-state index contributed by atoms with van der Waals surface area (Å²) in [6, 6.07) is 3.48. The van der Waals surface area contributed by atoms with Gasteiger partial charge < -0.3 is 15.0 Å². The number of amides is 1. The lowest BCUT2D eigenvalue weighted by molar-refractivity contribution is 0.0946. The van der Waals surface area contributed by atoms with E-state index in [1.165, 1.54) is 0 Å². The molecular formula is C15H21N3O4S. The van der Waals surface area contributed by atoms with E-state index in [0.29, 0.717) is 50.7 Å². The summed E-state index contributed by atoms with van der Waals surface area (Å²) >= 11 is 0. The van der Waals surface area contributed by atoms with E-state index in [-0.39, 0.29) is 23.3 Å². The van der Waals surface area contributed by atoms with Crippen LogP contribution in [0, 0.1) is 5.92 Å². The van der Waals surface area contributed by atoms with Crippen LogP contribution in [0.5, 0.6) is 0 Å². The molecule has 2 fully saturated rings. The predicted octanol–water partition coefficient (Wildman–Crippen LogP) is 0.0827. The number of aromatic nitrogens is 1. The lowest BCUT2D eigenvalue weighted by Crippen LogP contribution is -2.39. The van der Waals surface area contributed by atoms with Gasteiger partial charge in [0, 0.05) is 25.8 Å². The quantitative estimate of drug-likeness (QED) is 0.836. The van der Waals surface area contributed by atoms with Gasteiger partial charge >= 0.3 is 0 Å². The molecule has 0 bridgehead atoms. The molecule has 0 aromatic carbocycles. The largest absolute Gasteiger partial charge is 0.378 e. The van der Waals surface area contributed by atoms with Crippen LogP contribution in [0.25, 0.3) is 0 Å². The van der Waals surface area contributed by atoms with Gasteiger partial charge in [0.25, 0.3) is 5.91 Å². The Bertz CT molecular complexity index is 671. The number of sulfone groups is 1. The minimum atomic E-state index is -2.92. The maximum absolute atomic E-state index is 12.5. The second-order valence-corrected chi connectivity index (χ2v) is 8.18. The minimum Gasteiger partial charge on any atom is -0.378 e. The van der Waals surface area contributed by atoms with Gasteiger partial charge in [-0.25, -0.2) is 13.4 Å². The molecule has 1 aromatic heterocycles. The molecule has 1 amide bonds. The summed E-state index contributed by atoms with van der Waals surface area (Å²) in [5, 5.41) is 2.86. The van der Waals surface area contributed by atoms with Crippen molar-refractivity contribution >= 4 is 21.6 Å². The third-order valence-corrected chi connectivity index (χ3v) is 6.06. The van der Waals surface area contributed by atoms with Gasteiger partial charge in [0.05, 0.1) is 30.3 Å². The molecule has 0 radical (unpaired) electrons. The SMILES string of the molecule is O=C(NC[C@@H]1CCS(=O)(=O)C1)c1cccnc1N1CCOCC1. The Hall–Kier alpha value is -1.67. The molecule has 126 valence electrons. The average molecular weight is 339 g/mol. The van der Waals surface area contributed by atoms with E-state index in [1.54, 1.807) is 18.3 Å². The van der Waals surface area contributed by atoms with Gasteiger partial charge in [-0.05, 0) is 24.5 Å². The Morgan fingerprint density at radius 1 is 1.39 bits per heavy atom. The van der Waals surface area contributed by atoms with E-state index in [4.69, 9.17) is 4.74 Å². The van der Waals surface area contributed by atoms with Crippen LogP contribution >= 0.6 is 0 Å². The van der Waals surface area contributed by atoms with Gasteiger partial charge in [-0.1, -0.05) is 0 Å². The Balaban J connectivity index is 1.65. The maximum atomic E-state index is 12.5. The van der Waals surface area contributed by atoms with E-state index < -0.39 is 9.84 Å². The maximum Gasteiger partial charge on any atom is 0.255 e. The standard InChI is InChI=1S/C15H21N3O4S/c19-15(17-10-12-3-9-23(20,21)11-12)13-2-1-4-16-14(13)18-5-7-22-8-6-18/h1-2,4,12H,3,5-11H2,(H,17,19)/t12-/m0/s1. The summed E-state index contributed by atoms with van der Waals surface area (Å²) in [6.07, 6.45) is 2.29. The molecule has 0 aliphatic carbocycles. The molecule has 0 spiro atoms. The summed E-state index contributed by atoms with van der Waals surface area (Å²) in [4.78, 5) is 18.8. The predicted molar refractivity (Wildman–Crippen MR) is 86.4 cm³/mol. The van der Waals surface area contributed by atoms with Crippen molar-refractivity contribution in [2.24, 2.45) is 5.92 Å². The lowest BCUT2D eigenvalue weighted by Gasteiger charge is -2.29. The fraction of sp³-hybridized carbons (Fsp3) is 0.600. The number of ether oxygens (including phenoxy) is 1. The molecule has 7 nitrogen and oxygen atoms in total. The molecule has 0 unspecified atom stereocenters. The van der Waals surface area contributed by atoms with Crippen LogP contribution in [0.15, 0.2) is 18.3 Å². The van der Waals surface area contributed by atoms with Crippen LogP contribution < -0.4 is 10.2 Å². The number of anilines is 1. The summed E-state index contributed by atoms with van der Waals surface area (Å²) in [6.45, 7) is 3.04. The van der Waals surface area contributed by atoms with Crippen LogP contribution in [-0.2, 0) is 14.6 Å². The van der Waals surface area contributed by atoms with Crippen molar-refractivity contribution in [3.63, 3.8) is 0 Å². The van der Waals surface area contributed by atoms with Gasteiger partial charge in [0.15, 0.2) is 9.84 Å². The van der Waals surface area contributed by atoms with Crippen LogP contribution in [0.2, 0.25) is 0 Å². The van der Waals surface area contributed by atoms with Gasteiger partial charge in [-0.15, -0.1) is 0 Å². The topological polar surface area (TPSA) is 88.6 Å². The zero-order valence-corrected chi connectivity index (χ0v) is 13.7. The van der Waals surface area contributed by atoms with Crippen LogP contribution in [0.1, 0.15) is 16.8 Å². The first-order chi connectivity index (χ1) is 11.1. The second-order valence-electron chi connectivity index (χ2n) is 5.95. The highest BCUT2D eigenvalue weighted by Gasteiger charge is 2.28. The monoisotopic (exact) mass is 339 g/mol. The van der Waals surface area contributed by atoms with E-state index in [9.17, 15) is 13.2 Å². The number of rotatable bonds is 4. The first-order valence-electron chi connectivity index (χ1n) is 7.81. The minimum absolute atomic E-state index is 0.00691. The van der Waals surface area contributed by atoms with Crippen LogP contribution in [-0.4, -0.2) is 63.7 Å². The Morgan fingerprint density at radius 2 is 2.17 bits per heavy atom. The zero-order valence-electron chi connectivity index (χ0n) is 12.9. The summed E-state index contributed by atoms with van der Waals surface area (Å²) < 4.78 is 28.3. The van der Waals surface area contributed by atoms with Gasteiger partial charge in [0.1, 0.15) is 5.82 Å². The summed E-state index contributed by atoms with van der Waals surface area (Å²) in [5.41, 5.74) is 0.523. The number of hydrogen-bond donors (Lipinski definition) is 1. The Kier molecular flexibility index (Phi) is 4.82. The van der Waals surface area contributed by atoms with Gasteiger partial charge in [-0.3, -0.25) is 4.79 Å². The van der Waals surface area contributed by atoms with E-state index in [2.05, 4.69) is 10.3 Å². The number of nitrogens with zero attached hydrogens (tertiary/aromatic N) is 2. The van der Waals surface area contributed by atoms with Crippen molar-refractivity contribution in [1.29, 1.82) is 0 Å². The number of morpholine rings is 1. The highest BCUT2D eigenvalue weighted by Crippen LogP contribution is 2.20. The fourth-order valence-corrected chi connectivity index (χ4v) is 4.83. The molecular weight excluding hydrogens is 318 g/mol. The van der Waals surface area contributed by atoms with Crippen molar-refractivity contribution < 1.29 is 17.9 Å². The third-order valence-electron chi connectivity index (χ3n) is 4.22. The number of hydrogen-bond acceptors (Lipinski definition) is 6.